The monoisotopic (exact) mass is 361 g/mol. The number of carbonyl (C=O) groups is 1. The molecule has 0 bridgehead atoms. The first-order valence-corrected chi connectivity index (χ1v) is 9.62. The van der Waals surface area contributed by atoms with Gasteiger partial charge in [0.25, 0.3) is 0 Å². The van der Waals surface area contributed by atoms with E-state index in [1.165, 1.54) is 0 Å². The molecule has 2 fully saturated rings. The van der Waals surface area contributed by atoms with Crippen molar-refractivity contribution in [2.75, 3.05) is 69.7 Å². The summed E-state index contributed by atoms with van der Waals surface area (Å²) in [6.07, 6.45) is 2.29. The van der Waals surface area contributed by atoms with Gasteiger partial charge in [-0.05, 0) is 12.8 Å². The number of amides is 1. The zero-order valence-corrected chi connectivity index (χ0v) is 16.5. The van der Waals surface area contributed by atoms with Crippen molar-refractivity contribution in [1.29, 1.82) is 0 Å². The molecule has 0 aliphatic carbocycles. The Balaban J connectivity index is 1.61. The molecule has 1 amide bonds. The van der Waals surface area contributed by atoms with Crippen LogP contribution >= 0.6 is 0 Å². The molecule has 0 aromatic carbocycles. The van der Waals surface area contributed by atoms with Crippen LogP contribution in [0, 0.1) is 0 Å². The summed E-state index contributed by atoms with van der Waals surface area (Å²) < 4.78 is 0. The van der Waals surface area contributed by atoms with Gasteiger partial charge in [0.1, 0.15) is 5.82 Å². The number of carbonyl (C=O) groups excluding carboxylic acids is 1. The Hall–Kier alpha value is -1.96. The molecule has 2 aliphatic rings. The van der Waals surface area contributed by atoms with Crippen molar-refractivity contribution in [3.05, 3.63) is 5.82 Å². The topological polar surface area (TPSA) is 68.7 Å². The minimum Gasteiger partial charge on any atom is -0.347 e. The quantitative estimate of drug-likeness (QED) is 0.768. The standard InChI is InChI=1S/C18H31N7O/c1-14(2)16-19-17(22(3)4)21-18(20-16)25-11-9-23(10-12-25)13-15(26)24-7-5-6-8-24/h14H,5-13H2,1-4H3. The van der Waals surface area contributed by atoms with E-state index in [1.54, 1.807) is 0 Å². The van der Waals surface area contributed by atoms with Crippen molar-refractivity contribution < 1.29 is 4.79 Å². The molecule has 8 heteroatoms. The highest BCUT2D eigenvalue weighted by atomic mass is 16.2. The van der Waals surface area contributed by atoms with Crippen LogP contribution < -0.4 is 9.80 Å². The van der Waals surface area contributed by atoms with Crippen molar-refractivity contribution >= 4 is 17.8 Å². The molecule has 0 spiro atoms. The Morgan fingerprint density at radius 3 is 2.23 bits per heavy atom. The molecule has 1 aromatic heterocycles. The van der Waals surface area contributed by atoms with Gasteiger partial charge in [-0.2, -0.15) is 15.0 Å². The molecule has 2 aliphatic heterocycles. The third kappa shape index (κ3) is 4.41. The van der Waals surface area contributed by atoms with Crippen molar-refractivity contribution in [2.24, 2.45) is 0 Å². The molecule has 0 unspecified atom stereocenters. The van der Waals surface area contributed by atoms with Crippen molar-refractivity contribution in [1.82, 2.24) is 24.8 Å². The number of rotatable bonds is 5. The van der Waals surface area contributed by atoms with Gasteiger partial charge >= 0.3 is 0 Å². The molecular weight excluding hydrogens is 330 g/mol. The van der Waals surface area contributed by atoms with E-state index < -0.39 is 0 Å². The van der Waals surface area contributed by atoms with Gasteiger partial charge in [-0.1, -0.05) is 13.8 Å². The summed E-state index contributed by atoms with van der Waals surface area (Å²) >= 11 is 0. The highest BCUT2D eigenvalue weighted by Crippen LogP contribution is 2.19. The molecule has 144 valence electrons. The van der Waals surface area contributed by atoms with Crippen LogP contribution in [0.3, 0.4) is 0 Å². The number of piperazine rings is 1. The SMILES string of the molecule is CC(C)c1nc(N(C)C)nc(N2CCN(CC(=O)N3CCCC3)CC2)n1. The second-order valence-corrected chi connectivity index (χ2v) is 7.69. The van der Waals surface area contributed by atoms with E-state index in [-0.39, 0.29) is 11.8 Å². The molecule has 0 N–H and O–H groups in total. The second-order valence-electron chi connectivity index (χ2n) is 7.69. The lowest BCUT2D eigenvalue weighted by Crippen LogP contribution is -2.50. The minimum absolute atomic E-state index is 0.259. The Labute approximate surface area is 156 Å². The van der Waals surface area contributed by atoms with Gasteiger partial charge < -0.3 is 14.7 Å². The molecule has 26 heavy (non-hydrogen) atoms. The third-order valence-corrected chi connectivity index (χ3v) is 5.02. The number of likely N-dealkylation sites (tertiary alicyclic amines) is 1. The van der Waals surface area contributed by atoms with Crippen LogP contribution in [0.1, 0.15) is 38.4 Å². The van der Waals surface area contributed by atoms with Crippen LogP contribution in [-0.4, -0.2) is 90.6 Å². The Morgan fingerprint density at radius 2 is 1.65 bits per heavy atom. The largest absolute Gasteiger partial charge is 0.347 e. The van der Waals surface area contributed by atoms with Crippen molar-refractivity contribution in [2.45, 2.75) is 32.6 Å². The summed E-state index contributed by atoms with van der Waals surface area (Å²) in [5.74, 6) is 2.80. The van der Waals surface area contributed by atoms with Crippen molar-refractivity contribution in [3.8, 4) is 0 Å². The number of hydrogen-bond acceptors (Lipinski definition) is 7. The van der Waals surface area contributed by atoms with Gasteiger partial charge in [-0.15, -0.1) is 0 Å². The molecule has 3 rings (SSSR count). The van der Waals surface area contributed by atoms with Crippen LogP contribution in [-0.2, 0) is 4.79 Å². The first-order valence-electron chi connectivity index (χ1n) is 9.62. The maximum Gasteiger partial charge on any atom is 0.236 e. The number of hydrogen-bond donors (Lipinski definition) is 0. The second kappa shape index (κ2) is 8.16. The van der Waals surface area contributed by atoms with E-state index in [1.807, 2.05) is 23.9 Å². The van der Waals surface area contributed by atoms with E-state index in [2.05, 4.69) is 38.6 Å². The lowest BCUT2D eigenvalue weighted by Gasteiger charge is -2.35. The normalized spacial score (nSPS) is 18.7. The number of aromatic nitrogens is 3. The molecule has 8 nitrogen and oxygen atoms in total. The van der Waals surface area contributed by atoms with Crippen LogP contribution in [0.15, 0.2) is 0 Å². The van der Waals surface area contributed by atoms with E-state index in [9.17, 15) is 4.79 Å². The summed E-state index contributed by atoms with van der Waals surface area (Å²) in [6, 6.07) is 0. The molecule has 1 aromatic rings. The average Bonchev–Trinajstić information content (AvgIpc) is 3.16. The fourth-order valence-electron chi connectivity index (χ4n) is 3.33. The van der Waals surface area contributed by atoms with Crippen LogP contribution in [0.4, 0.5) is 11.9 Å². The maximum atomic E-state index is 12.3. The van der Waals surface area contributed by atoms with Crippen LogP contribution in [0.5, 0.6) is 0 Å². The summed E-state index contributed by atoms with van der Waals surface area (Å²) in [5.41, 5.74) is 0. The minimum atomic E-state index is 0.259. The van der Waals surface area contributed by atoms with E-state index in [0.717, 1.165) is 63.9 Å². The fraction of sp³-hybridized carbons (Fsp3) is 0.778. The average molecular weight is 361 g/mol. The van der Waals surface area contributed by atoms with Crippen molar-refractivity contribution in [3.63, 3.8) is 0 Å². The Kier molecular flexibility index (Phi) is 5.90. The van der Waals surface area contributed by atoms with E-state index in [0.29, 0.717) is 12.5 Å². The highest BCUT2D eigenvalue weighted by Gasteiger charge is 2.25. The predicted molar refractivity (Wildman–Crippen MR) is 103 cm³/mol. The van der Waals surface area contributed by atoms with Gasteiger partial charge in [-0.25, -0.2) is 0 Å². The Morgan fingerprint density at radius 1 is 1.00 bits per heavy atom. The molecule has 0 atom stereocenters. The van der Waals surface area contributed by atoms with E-state index in [4.69, 9.17) is 0 Å². The molecule has 2 saturated heterocycles. The zero-order chi connectivity index (χ0) is 18.7. The van der Waals surface area contributed by atoms with Gasteiger partial charge in [0.05, 0.1) is 6.54 Å². The first kappa shape index (κ1) is 18.8. The molecule has 3 heterocycles. The molecule has 0 saturated carbocycles. The zero-order valence-electron chi connectivity index (χ0n) is 16.5. The highest BCUT2D eigenvalue weighted by molar-refractivity contribution is 5.78. The lowest BCUT2D eigenvalue weighted by atomic mass is 10.2. The molecular formula is C18H31N7O. The van der Waals surface area contributed by atoms with Crippen LogP contribution in [0.2, 0.25) is 0 Å². The summed E-state index contributed by atoms with van der Waals surface area (Å²) in [6.45, 7) is 9.97. The summed E-state index contributed by atoms with van der Waals surface area (Å²) in [5, 5.41) is 0. The van der Waals surface area contributed by atoms with Gasteiger partial charge in [0, 0.05) is 59.3 Å². The van der Waals surface area contributed by atoms with Gasteiger partial charge in [0.2, 0.25) is 17.8 Å². The maximum absolute atomic E-state index is 12.3. The van der Waals surface area contributed by atoms with Crippen LogP contribution in [0.25, 0.3) is 0 Å². The lowest BCUT2D eigenvalue weighted by molar-refractivity contribution is -0.131. The molecule has 0 radical (unpaired) electrons. The smallest absolute Gasteiger partial charge is 0.236 e. The van der Waals surface area contributed by atoms with Gasteiger partial charge in [-0.3, -0.25) is 9.69 Å². The van der Waals surface area contributed by atoms with Gasteiger partial charge in [0.15, 0.2) is 0 Å². The Bertz CT molecular complexity index is 594. The van der Waals surface area contributed by atoms with E-state index >= 15 is 0 Å². The summed E-state index contributed by atoms with van der Waals surface area (Å²) in [4.78, 5) is 34.5. The predicted octanol–water partition coefficient (Wildman–Crippen LogP) is 0.805. The number of nitrogens with zero attached hydrogens (tertiary/aromatic N) is 7. The third-order valence-electron chi connectivity index (χ3n) is 5.02. The fourth-order valence-corrected chi connectivity index (χ4v) is 3.33. The summed E-state index contributed by atoms with van der Waals surface area (Å²) in [7, 11) is 3.90. The first-order chi connectivity index (χ1) is 12.4. The number of anilines is 2.